The van der Waals surface area contributed by atoms with Gasteiger partial charge in [-0.25, -0.2) is 0 Å². The first kappa shape index (κ1) is 12.5. The molecule has 0 aromatic heterocycles. The van der Waals surface area contributed by atoms with Crippen molar-refractivity contribution in [1.29, 1.82) is 5.26 Å². The zero-order chi connectivity index (χ0) is 13.5. The predicted molar refractivity (Wildman–Crippen MR) is 74.0 cm³/mol. The molecule has 0 N–H and O–H groups in total. The molecule has 0 aliphatic carbocycles. The van der Waals surface area contributed by atoms with E-state index in [1.165, 1.54) is 18.4 Å². The fourth-order valence-corrected chi connectivity index (χ4v) is 3.20. The van der Waals surface area contributed by atoms with Crippen LogP contribution in [0, 0.1) is 11.3 Å². The number of fused-ring (bicyclic) bond motifs is 1. The molecule has 2 aliphatic rings. The van der Waals surface area contributed by atoms with Crippen molar-refractivity contribution in [3.8, 4) is 11.8 Å². The topological polar surface area (TPSA) is 36.3 Å². The number of nitriles is 1. The molecule has 1 atom stereocenters. The number of benzene rings is 1. The van der Waals surface area contributed by atoms with Crippen LogP contribution in [0.2, 0.25) is 0 Å². The maximum atomic E-state index is 9.55. The van der Waals surface area contributed by atoms with E-state index in [1.54, 1.807) is 0 Å². The molecule has 3 nitrogen and oxygen atoms in total. The number of hydrogen-bond donors (Lipinski definition) is 0. The zero-order valence-corrected chi connectivity index (χ0v) is 11.6. The van der Waals surface area contributed by atoms with E-state index in [0.717, 1.165) is 30.8 Å². The minimum atomic E-state index is -0.161. The summed E-state index contributed by atoms with van der Waals surface area (Å²) in [5.74, 6) is 0.950. The Hall–Kier alpha value is -1.53. The van der Waals surface area contributed by atoms with E-state index in [2.05, 4.69) is 36.9 Å². The van der Waals surface area contributed by atoms with E-state index >= 15 is 0 Å². The summed E-state index contributed by atoms with van der Waals surface area (Å²) in [6.07, 6.45) is 3.31. The number of rotatable bonds is 2. The Morgan fingerprint density at radius 3 is 2.74 bits per heavy atom. The molecule has 0 spiro atoms. The second-order valence-electron chi connectivity index (χ2n) is 6.15. The van der Waals surface area contributed by atoms with Crippen LogP contribution in [-0.4, -0.2) is 23.6 Å². The van der Waals surface area contributed by atoms with Crippen molar-refractivity contribution in [2.75, 3.05) is 13.1 Å². The Balaban J connectivity index is 1.98. The largest absolute Gasteiger partial charge is 0.487 e. The van der Waals surface area contributed by atoms with Crippen LogP contribution in [0.15, 0.2) is 18.2 Å². The Morgan fingerprint density at radius 1 is 1.32 bits per heavy atom. The summed E-state index contributed by atoms with van der Waals surface area (Å²) in [4.78, 5) is 2.27. The van der Waals surface area contributed by atoms with Crippen molar-refractivity contribution in [2.24, 2.45) is 0 Å². The quantitative estimate of drug-likeness (QED) is 0.816. The van der Waals surface area contributed by atoms with Gasteiger partial charge >= 0.3 is 0 Å². The molecule has 2 aliphatic heterocycles. The van der Waals surface area contributed by atoms with Crippen LogP contribution >= 0.6 is 0 Å². The number of likely N-dealkylation sites (tertiary alicyclic amines) is 1. The second-order valence-corrected chi connectivity index (χ2v) is 6.15. The molecule has 1 aromatic rings. The lowest BCUT2D eigenvalue weighted by Crippen LogP contribution is -2.27. The van der Waals surface area contributed by atoms with Gasteiger partial charge in [0, 0.05) is 12.0 Å². The first-order valence-electron chi connectivity index (χ1n) is 7.05. The average molecular weight is 256 g/mol. The summed E-state index contributed by atoms with van der Waals surface area (Å²) in [5, 5.41) is 9.55. The van der Waals surface area contributed by atoms with Gasteiger partial charge in [-0.05, 0) is 45.3 Å². The van der Waals surface area contributed by atoms with Crippen LogP contribution in [0.25, 0.3) is 0 Å². The maximum absolute atomic E-state index is 9.55. The van der Waals surface area contributed by atoms with E-state index < -0.39 is 0 Å². The number of para-hydroxylation sites is 1. The number of hydrogen-bond acceptors (Lipinski definition) is 3. The van der Waals surface area contributed by atoms with E-state index in [-0.39, 0.29) is 11.6 Å². The molecule has 3 heteroatoms. The van der Waals surface area contributed by atoms with Gasteiger partial charge in [-0.2, -0.15) is 5.26 Å². The van der Waals surface area contributed by atoms with Crippen molar-refractivity contribution < 1.29 is 4.74 Å². The fourth-order valence-electron chi connectivity index (χ4n) is 3.20. The van der Waals surface area contributed by atoms with Crippen LogP contribution in [0.1, 0.15) is 43.9 Å². The van der Waals surface area contributed by atoms with Crippen LogP contribution in [0.5, 0.6) is 5.75 Å². The number of nitrogens with zero attached hydrogens (tertiary/aromatic N) is 2. The Bertz CT molecular complexity index is 524. The summed E-state index contributed by atoms with van der Waals surface area (Å²) < 4.78 is 6.09. The van der Waals surface area contributed by atoms with Gasteiger partial charge in [-0.1, -0.05) is 18.2 Å². The van der Waals surface area contributed by atoms with E-state index in [4.69, 9.17) is 4.74 Å². The van der Waals surface area contributed by atoms with Gasteiger partial charge in [-0.3, -0.25) is 4.90 Å². The molecule has 100 valence electrons. The molecule has 1 unspecified atom stereocenters. The molecule has 1 fully saturated rings. The smallest absolute Gasteiger partial charge is 0.129 e. The Morgan fingerprint density at radius 2 is 2.05 bits per heavy atom. The average Bonchev–Trinajstić information content (AvgIpc) is 2.96. The van der Waals surface area contributed by atoms with Gasteiger partial charge in [0.2, 0.25) is 0 Å². The molecule has 0 saturated carbocycles. The highest BCUT2D eigenvalue weighted by Gasteiger charge is 2.35. The monoisotopic (exact) mass is 256 g/mol. The van der Waals surface area contributed by atoms with Crippen molar-refractivity contribution in [3.63, 3.8) is 0 Å². The van der Waals surface area contributed by atoms with E-state index in [1.807, 2.05) is 6.07 Å². The summed E-state index contributed by atoms with van der Waals surface area (Å²) in [5.41, 5.74) is 2.14. The minimum absolute atomic E-state index is 0.149. The normalized spacial score (nSPS) is 22.6. The Labute approximate surface area is 114 Å². The first-order valence-corrected chi connectivity index (χ1v) is 7.05. The lowest BCUT2D eigenvalue weighted by atomic mass is 9.98. The van der Waals surface area contributed by atoms with Crippen molar-refractivity contribution >= 4 is 0 Å². The fraction of sp³-hybridized carbons (Fsp3) is 0.562. The van der Waals surface area contributed by atoms with Crippen molar-refractivity contribution in [1.82, 2.24) is 4.90 Å². The Kier molecular flexibility index (Phi) is 2.99. The molecule has 3 rings (SSSR count). The predicted octanol–water partition coefficient (Wildman–Crippen LogP) is 3.06. The molecule has 0 radical (unpaired) electrons. The highest BCUT2D eigenvalue weighted by atomic mass is 16.5. The summed E-state index contributed by atoms with van der Waals surface area (Å²) in [6, 6.07) is 8.52. The standard InChI is InChI=1S/C16H20N2O/c1-16(2)10-12-6-5-7-13(15(12)19-16)14(11-17)18-8-3-4-9-18/h5-7,14H,3-4,8-10H2,1-2H3. The molecule has 1 saturated heterocycles. The lowest BCUT2D eigenvalue weighted by Gasteiger charge is -2.24. The maximum Gasteiger partial charge on any atom is 0.129 e. The molecule has 1 aromatic carbocycles. The lowest BCUT2D eigenvalue weighted by molar-refractivity contribution is 0.135. The van der Waals surface area contributed by atoms with Crippen molar-refractivity contribution in [2.45, 2.75) is 44.8 Å². The van der Waals surface area contributed by atoms with Gasteiger partial charge in [0.15, 0.2) is 0 Å². The summed E-state index contributed by atoms with van der Waals surface area (Å²) in [7, 11) is 0. The highest BCUT2D eigenvalue weighted by molar-refractivity contribution is 5.48. The molecule has 0 bridgehead atoms. The van der Waals surface area contributed by atoms with Gasteiger partial charge in [-0.15, -0.1) is 0 Å². The van der Waals surface area contributed by atoms with Crippen LogP contribution in [0.3, 0.4) is 0 Å². The van der Waals surface area contributed by atoms with Crippen molar-refractivity contribution in [3.05, 3.63) is 29.3 Å². The van der Waals surface area contributed by atoms with Gasteiger partial charge in [0.1, 0.15) is 17.4 Å². The third-order valence-corrected chi connectivity index (χ3v) is 4.04. The first-order chi connectivity index (χ1) is 9.11. The summed E-state index contributed by atoms with van der Waals surface area (Å²) in [6.45, 7) is 6.25. The zero-order valence-electron chi connectivity index (χ0n) is 11.6. The summed E-state index contributed by atoms with van der Waals surface area (Å²) >= 11 is 0. The molecule has 19 heavy (non-hydrogen) atoms. The third-order valence-electron chi connectivity index (χ3n) is 4.04. The molecular weight excluding hydrogens is 236 g/mol. The van der Waals surface area contributed by atoms with Gasteiger partial charge < -0.3 is 4.74 Å². The second kappa shape index (κ2) is 4.54. The number of ether oxygens (including phenoxy) is 1. The van der Waals surface area contributed by atoms with E-state index in [0.29, 0.717) is 0 Å². The van der Waals surface area contributed by atoms with Gasteiger partial charge in [0.25, 0.3) is 0 Å². The molecule has 0 amide bonds. The highest BCUT2D eigenvalue weighted by Crippen LogP contribution is 2.41. The third kappa shape index (κ3) is 2.21. The van der Waals surface area contributed by atoms with Gasteiger partial charge in [0.05, 0.1) is 6.07 Å². The van der Waals surface area contributed by atoms with E-state index in [9.17, 15) is 5.26 Å². The van der Waals surface area contributed by atoms with Crippen LogP contribution < -0.4 is 4.74 Å². The SMILES string of the molecule is CC1(C)Cc2cccc(C(C#N)N3CCCC3)c2O1. The van der Waals surface area contributed by atoms with Crippen LogP contribution in [-0.2, 0) is 6.42 Å². The minimum Gasteiger partial charge on any atom is -0.487 e. The molecule has 2 heterocycles. The van der Waals surface area contributed by atoms with Crippen LogP contribution in [0.4, 0.5) is 0 Å². The molecular formula is C16H20N2O.